The SMILES string of the molecule is COC1CCCC(/C=C/C2CCC(N(C3CCC(C)CC3)C3CCC(/C=C/C4CCCC(OC)C4)CC3)CC2)C1. The van der Waals surface area contributed by atoms with E-state index in [1.165, 1.54) is 128 Å². The van der Waals surface area contributed by atoms with Gasteiger partial charge in [-0.3, -0.25) is 4.90 Å². The number of methoxy groups -OCH3 is 2. The highest BCUT2D eigenvalue weighted by atomic mass is 16.5. The molecular weight excluding hydrogens is 490 g/mol. The second kappa shape index (κ2) is 15.7. The van der Waals surface area contributed by atoms with Crippen molar-refractivity contribution in [1.82, 2.24) is 4.90 Å². The summed E-state index contributed by atoms with van der Waals surface area (Å²) in [5, 5.41) is 0. The molecular formula is C37H63NO2. The van der Waals surface area contributed by atoms with E-state index in [1.54, 1.807) is 0 Å². The Bertz CT molecular complexity index is 715. The van der Waals surface area contributed by atoms with Crippen LogP contribution in [-0.4, -0.2) is 49.5 Å². The van der Waals surface area contributed by atoms with Crippen LogP contribution in [0.25, 0.3) is 0 Å². The zero-order chi connectivity index (χ0) is 27.7. The van der Waals surface area contributed by atoms with Crippen LogP contribution in [0.5, 0.6) is 0 Å². The summed E-state index contributed by atoms with van der Waals surface area (Å²) >= 11 is 0. The summed E-state index contributed by atoms with van der Waals surface area (Å²) in [6.45, 7) is 2.48. The Morgan fingerprint density at radius 2 is 0.825 bits per heavy atom. The van der Waals surface area contributed by atoms with Gasteiger partial charge < -0.3 is 9.47 Å². The highest BCUT2D eigenvalue weighted by molar-refractivity contribution is 5.01. The van der Waals surface area contributed by atoms with Crippen molar-refractivity contribution in [2.75, 3.05) is 14.2 Å². The largest absolute Gasteiger partial charge is 0.381 e. The van der Waals surface area contributed by atoms with Gasteiger partial charge in [0.15, 0.2) is 0 Å². The molecule has 0 bridgehead atoms. The van der Waals surface area contributed by atoms with Crippen LogP contribution in [0.3, 0.4) is 0 Å². The highest BCUT2D eigenvalue weighted by Crippen LogP contribution is 2.40. The number of hydrogen-bond donors (Lipinski definition) is 0. The van der Waals surface area contributed by atoms with Crippen LogP contribution in [-0.2, 0) is 9.47 Å². The van der Waals surface area contributed by atoms with Crippen LogP contribution in [0.1, 0.15) is 135 Å². The predicted molar refractivity (Wildman–Crippen MR) is 169 cm³/mol. The first-order valence-corrected chi connectivity index (χ1v) is 17.8. The smallest absolute Gasteiger partial charge is 0.0577 e. The van der Waals surface area contributed by atoms with E-state index in [0.717, 1.165) is 47.7 Å². The van der Waals surface area contributed by atoms with Crippen molar-refractivity contribution >= 4 is 0 Å². The first-order chi connectivity index (χ1) is 19.6. The molecule has 228 valence electrons. The van der Waals surface area contributed by atoms with Gasteiger partial charge in [-0.1, -0.05) is 44.1 Å². The summed E-state index contributed by atoms with van der Waals surface area (Å²) in [5.41, 5.74) is 0. The molecule has 0 N–H and O–H groups in total. The molecule has 0 amide bonds. The molecule has 0 aromatic carbocycles. The number of hydrogen-bond acceptors (Lipinski definition) is 3. The molecule has 0 aliphatic heterocycles. The Labute approximate surface area is 247 Å². The third-order valence-corrected chi connectivity index (χ3v) is 12.0. The average Bonchev–Trinajstić information content (AvgIpc) is 3.01. The van der Waals surface area contributed by atoms with E-state index in [0.29, 0.717) is 12.2 Å². The molecule has 3 heteroatoms. The van der Waals surface area contributed by atoms with E-state index < -0.39 is 0 Å². The quantitative estimate of drug-likeness (QED) is 0.265. The van der Waals surface area contributed by atoms with Crippen LogP contribution in [0.15, 0.2) is 24.3 Å². The number of ether oxygens (including phenoxy) is 2. The van der Waals surface area contributed by atoms with Gasteiger partial charge in [0.1, 0.15) is 0 Å². The molecule has 0 saturated heterocycles. The molecule has 5 saturated carbocycles. The minimum atomic E-state index is 0.492. The van der Waals surface area contributed by atoms with Gasteiger partial charge in [0, 0.05) is 32.3 Å². The molecule has 5 aliphatic rings. The van der Waals surface area contributed by atoms with Gasteiger partial charge in [0.05, 0.1) is 12.2 Å². The summed E-state index contributed by atoms with van der Waals surface area (Å²) in [5.74, 6) is 4.06. The lowest BCUT2D eigenvalue weighted by atomic mass is 9.77. The van der Waals surface area contributed by atoms with Crippen molar-refractivity contribution in [3.05, 3.63) is 24.3 Å². The first-order valence-electron chi connectivity index (χ1n) is 17.8. The zero-order valence-corrected chi connectivity index (χ0v) is 26.5. The fraction of sp³-hybridized carbons (Fsp3) is 0.892. The van der Waals surface area contributed by atoms with E-state index in [4.69, 9.17) is 9.47 Å². The standard InChI is InChI=1S/C37H63NO2/c1-28-10-20-33(21-11-28)38(34-22-16-29(17-23-34)12-14-31-6-4-8-36(26-31)39-2)35-24-18-30(19-25-35)13-15-32-7-5-9-37(27-32)40-3/h12-15,28-37H,4-11,16-27H2,1-3H3/b14-12+,15-13+. The molecule has 5 fully saturated rings. The highest BCUT2D eigenvalue weighted by Gasteiger charge is 2.37. The molecule has 0 heterocycles. The van der Waals surface area contributed by atoms with E-state index >= 15 is 0 Å². The topological polar surface area (TPSA) is 21.7 Å². The van der Waals surface area contributed by atoms with Crippen molar-refractivity contribution in [1.29, 1.82) is 0 Å². The van der Waals surface area contributed by atoms with Crippen molar-refractivity contribution in [3.8, 4) is 0 Å². The Kier molecular flexibility index (Phi) is 12.1. The normalized spacial score (nSPS) is 42.1. The molecule has 40 heavy (non-hydrogen) atoms. The molecule has 0 aromatic rings. The first kappa shape index (κ1) is 30.8. The second-order valence-electron chi connectivity index (χ2n) is 14.8. The molecule has 0 aromatic heterocycles. The van der Waals surface area contributed by atoms with Crippen LogP contribution < -0.4 is 0 Å². The lowest BCUT2D eigenvalue weighted by Gasteiger charge is -2.49. The minimum Gasteiger partial charge on any atom is -0.381 e. The molecule has 4 atom stereocenters. The Morgan fingerprint density at radius 1 is 0.450 bits per heavy atom. The van der Waals surface area contributed by atoms with Crippen molar-refractivity contribution < 1.29 is 9.47 Å². The van der Waals surface area contributed by atoms with Crippen LogP contribution in [0.2, 0.25) is 0 Å². The Morgan fingerprint density at radius 3 is 1.23 bits per heavy atom. The number of rotatable bonds is 9. The van der Waals surface area contributed by atoms with Crippen LogP contribution in [0.4, 0.5) is 0 Å². The fourth-order valence-corrected chi connectivity index (χ4v) is 9.39. The molecule has 5 rings (SSSR count). The summed E-state index contributed by atoms with van der Waals surface area (Å²) < 4.78 is 11.4. The molecule has 5 aliphatic carbocycles. The molecule has 0 spiro atoms. The van der Waals surface area contributed by atoms with Crippen molar-refractivity contribution in [2.24, 2.45) is 29.6 Å². The maximum atomic E-state index is 5.68. The van der Waals surface area contributed by atoms with Crippen LogP contribution in [0, 0.1) is 29.6 Å². The van der Waals surface area contributed by atoms with E-state index in [1.807, 2.05) is 14.2 Å². The summed E-state index contributed by atoms with van der Waals surface area (Å²) in [6.07, 6.45) is 38.9. The third kappa shape index (κ3) is 8.70. The second-order valence-corrected chi connectivity index (χ2v) is 14.8. The third-order valence-electron chi connectivity index (χ3n) is 12.0. The number of allylic oxidation sites excluding steroid dienone is 4. The van der Waals surface area contributed by atoms with Gasteiger partial charge in [-0.25, -0.2) is 0 Å². The van der Waals surface area contributed by atoms with Gasteiger partial charge in [-0.05, 0) is 145 Å². The fourth-order valence-electron chi connectivity index (χ4n) is 9.39. The summed E-state index contributed by atoms with van der Waals surface area (Å²) in [7, 11) is 3.80. The molecule has 0 radical (unpaired) electrons. The van der Waals surface area contributed by atoms with E-state index in [-0.39, 0.29) is 0 Å². The molecule has 3 nitrogen and oxygen atoms in total. The van der Waals surface area contributed by atoms with Crippen molar-refractivity contribution in [2.45, 2.75) is 166 Å². The lowest BCUT2D eigenvalue weighted by molar-refractivity contribution is 0.00945. The Balaban J connectivity index is 1.13. The summed E-state index contributed by atoms with van der Waals surface area (Å²) in [6, 6.07) is 2.52. The molecule has 4 unspecified atom stereocenters. The summed E-state index contributed by atoms with van der Waals surface area (Å²) in [4.78, 5) is 3.15. The zero-order valence-electron chi connectivity index (χ0n) is 26.5. The maximum Gasteiger partial charge on any atom is 0.0577 e. The average molecular weight is 554 g/mol. The van der Waals surface area contributed by atoms with Gasteiger partial charge >= 0.3 is 0 Å². The van der Waals surface area contributed by atoms with E-state index in [9.17, 15) is 0 Å². The monoisotopic (exact) mass is 553 g/mol. The van der Waals surface area contributed by atoms with E-state index in [2.05, 4.69) is 36.1 Å². The van der Waals surface area contributed by atoms with Gasteiger partial charge in [0.2, 0.25) is 0 Å². The van der Waals surface area contributed by atoms with Crippen LogP contribution >= 0.6 is 0 Å². The number of nitrogens with zero attached hydrogens (tertiary/aromatic N) is 1. The maximum absolute atomic E-state index is 5.68. The predicted octanol–water partition coefficient (Wildman–Crippen LogP) is 9.51. The lowest BCUT2D eigenvalue weighted by Crippen LogP contribution is -2.52. The van der Waals surface area contributed by atoms with Crippen molar-refractivity contribution in [3.63, 3.8) is 0 Å². The Hall–Kier alpha value is -0.640. The van der Waals surface area contributed by atoms with Gasteiger partial charge in [-0.2, -0.15) is 0 Å². The van der Waals surface area contributed by atoms with Gasteiger partial charge in [0.25, 0.3) is 0 Å². The van der Waals surface area contributed by atoms with Gasteiger partial charge in [-0.15, -0.1) is 0 Å². The minimum absolute atomic E-state index is 0.492.